The van der Waals surface area contributed by atoms with Crippen LogP contribution in [0.15, 0.2) is 24.3 Å². The van der Waals surface area contributed by atoms with E-state index in [0.29, 0.717) is 6.42 Å². The first-order valence-corrected chi connectivity index (χ1v) is 7.00. The highest BCUT2D eigenvalue weighted by molar-refractivity contribution is 5.94. The van der Waals surface area contributed by atoms with Gasteiger partial charge in [0.1, 0.15) is 0 Å². The van der Waals surface area contributed by atoms with E-state index in [1.165, 1.54) is 0 Å². The average Bonchev–Trinajstić information content (AvgIpc) is 2.46. The van der Waals surface area contributed by atoms with Crippen LogP contribution >= 0.6 is 0 Å². The van der Waals surface area contributed by atoms with Crippen molar-refractivity contribution < 1.29 is 14.7 Å². The molecule has 5 heteroatoms. The summed E-state index contributed by atoms with van der Waals surface area (Å²) in [6, 6.07) is 7.25. The summed E-state index contributed by atoms with van der Waals surface area (Å²) in [7, 11) is 0. The second-order valence-corrected chi connectivity index (χ2v) is 5.09. The number of hydrogen-bond donors (Lipinski definition) is 3. The van der Waals surface area contributed by atoms with Crippen molar-refractivity contribution in [1.29, 1.82) is 0 Å². The SMILES string of the molecule is O=C(O)CCc1cccc(NC(=O)[C@@H]2CCCCN2)c1. The third-order valence-electron chi connectivity index (χ3n) is 3.45. The number of aryl methyl sites for hydroxylation is 1. The molecule has 1 aliphatic rings. The molecule has 0 aromatic heterocycles. The number of carboxylic acid groups (broad SMARTS) is 1. The summed E-state index contributed by atoms with van der Waals surface area (Å²) in [6.45, 7) is 0.886. The van der Waals surface area contributed by atoms with Gasteiger partial charge in [0.15, 0.2) is 0 Å². The van der Waals surface area contributed by atoms with E-state index in [4.69, 9.17) is 5.11 Å². The Kier molecular flexibility index (Phi) is 5.12. The van der Waals surface area contributed by atoms with Gasteiger partial charge in [-0.05, 0) is 43.5 Å². The van der Waals surface area contributed by atoms with E-state index >= 15 is 0 Å². The van der Waals surface area contributed by atoms with Gasteiger partial charge in [0, 0.05) is 12.1 Å². The van der Waals surface area contributed by atoms with Crippen molar-refractivity contribution in [2.75, 3.05) is 11.9 Å². The number of carbonyl (C=O) groups excluding carboxylic acids is 1. The van der Waals surface area contributed by atoms with Crippen LogP contribution in [-0.4, -0.2) is 29.6 Å². The van der Waals surface area contributed by atoms with Crippen molar-refractivity contribution >= 4 is 17.6 Å². The van der Waals surface area contributed by atoms with Gasteiger partial charge in [0.2, 0.25) is 5.91 Å². The van der Waals surface area contributed by atoms with Crippen molar-refractivity contribution in [2.45, 2.75) is 38.1 Å². The Balaban J connectivity index is 1.93. The highest BCUT2D eigenvalue weighted by Crippen LogP contribution is 2.14. The van der Waals surface area contributed by atoms with Crippen molar-refractivity contribution in [2.24, 2.45) is 0 Å². The first kappa shape index (κ1) is 14.5. The quantitative estimate of drug-likeness (QED) is 0.766. The molecular formula is C15H20N2O3. The van der Waals surface area contributed by atoms with Crippen molar-refractivity contribution in [3.63, 3.8) is 0 Å². The first-order valence-electron chi connectivity index (χ1n) is 7.00. The number of nitrogens with one attached hydrogen (secondary N) is 2. The summed E-state index contributed by atoms with van der Waals surface area (Å²) in [5, 5.41) is 14.8. The maximum absolute atomic E-state index is 12.1. The maximum Gasteiger partial charge on any atom is 0.303 e. The molecule has 1 fully saturated rings. The molecule has 0 radical (unpaired) electrons. The molecule has 1 saturated heterocycles. The molecule has 1 atom stereocenters. The van der Waals surface area contributed by atoms with Crippen LogP contribution in [0.2, 0.25) is 0 Å². The predicted octanol–water partition coefficient (Wildman–Crippen LogP) is 1.78. The molecule has 0 spiro atoms. The zero-order valence-corrected chi connectivity index (χ0v) is 11.4. The predicted molar refractivity (Wildman–Crippen MR) is 76.7 cm³/mol. The van der Waals surface area contributed by atoms with Crippen molar-refractivity contribution in [3.8, 4) is 0 Å². The topological polar surface area (TPSA) is 78.4 Å². The van der Waals surface area contributed by atoms with E-state index in [-0.39, 0.29) is 18.4 Å². The molecule has 1 aliphatic heterocycles. The molecule has 1 aromatic carbocycles. The summed E-state index contributed by atoms with van der Waals surface area (Å²) in [5.74, 6) is -0.828. The van der Waals surface area contributed by atoms with E-state index in [1.807, 2.05) is 24.3 Å². The molecule has 0 bridgehead atoms. The van der Waals surface area contributed by atoms with Crippen LogP contribution in [0.5, 0.6) is 0 Å². The van der Waals surface area contributed by atoms with E-state index in [1.54, 1.807) is 0 Å². The molecule has 0 unspecified atom stereocenters. The molecule has 1 heterocycles. The molecule has 2 rings (SSSR count). The van der Waals surface area contributed by atoms with Crippen molar-refractivity contribution in [3.05, 3.63) is 29.8 Å². The molecule has 5 nitrogen and oxygen atoms in total. The largest absolute Gasteiger partial charge is 0.481 e. The lowest BCUT2D eigenvalue weighted by Gasteiger charge is -2.22. The van der Waals surface area contributed by atoms with Crippen LogP contribution in [-0.2, 0) is 16.0 Å². The zero-order chi connectivity index (χ0) is 14.4. The van der Waals surface area contributed by atoms with Gasteiger partial charge in [-0.1, -0.05) is 18.6 Å². The lowest BCUT2D eigenvalue weighted by Crippen LogP contribution is -2.43. The number of aliphatic carboxylic acids is 1. The van der Waals surface area contributed by atoms with Gasteiger partial charge in [-0.15, -0.1) is 0 Å². The highest BCUT2D eigenvalue weighted by atomic mass is 16.4. The molecule has 0 aliphatic carbocycles. The standard InChI is InChI=1S/C15H20N2O3/c18-14(19)8-7-11-4-3-5-12(10-11)17-15(20)13-6-1-2-9-16-13/h3-5,10,13,16H,1-2,6-9H2,(H,17,20)(H,18,19)/t13-/m0/s1. The number of anilines is 1. The fourth-order valence-corrected chi connectivity index (χ4v) is 2.36. The molecule has 108 valence electrons. The minimum atomic E-state index is -0.814. The Morgan fingerprint density at radius 1 is 1.35 bits per heavy atom. The Morgan fingerprint density at radius 2 is 2.20 bits per heavy atom. The van der Waals surface area contributed by atoms with Crippen LogP contribution in [0, 0.1) is 0 Å². The molecule has 1 amide bonds. The monoisotopic (exact) mass is 276 g/mol. The Labute approximate surface area is 118 Å². The van der Waals surface area contributed by atoms with Gasteiger partial charge in [0.25, 0.3) is 0 Å². The molecule has 3 N–H and O–H groups in total. The number of carboxylic acids is 1. The molecule has 0 saturated carbocycles. The third-order valence-corrected chi connectivity index (χ3v) is 3.45. The van der Waals surface area contributed by atoms with Gasteiger partial charge < -0.3 is 15.7 Å². The number of carbonyl (C=O) groups is 2. The normalized spacial score (nSPS) is 18.5. The van der Waals surface area contributed by atoms with E-state index in [0.717, 1.165) is 37.1 Å². The number of hydrogen-bond acceptors (Lipinski definition) is 3. The lowest BCUT2D eigenvalue weighted by atomic mass is 10.0. The van der Waals surface area contributed by atoms with Gasteiger partial charge in [-0.3, -0.25) is 9.59 Å². The van der Waals surface area contributed by atoms with Crippen molar-refractivity contribution in [1.82, 2.24) is 5.32 Å². The Hall–Kier alpha value is -1.88. The second-order valence-electron chi connectivity index (χ2n) is 5.09. The summed E-state index contributed by atoms with van der Waals surface area (Å²) in [5.41, 5.74) is 1.65. The van der Waals surface area contributed by atoms with Gasteiger partial charge in [-0.25, -0.2) is 0 Å². The zero-order valence-electron chi connectivity index (χ0n) is 11.4. The fraction of sp³-hybridized carbons (Fsp3) is 0.467. The van der Waals surface area contributed by atoms with Gasteiger partial charge in [-0.2, -0.15) is 0 Å². The van der Waals surface area contributed by atoms with E-state index < -0.39 is 5.97 Å². The fourth-order valence-electron chi connectivity index (χ4n) is 2.36. The van der Waals surface area contributed by atoms with E-state index in [2.05, 4.69) is 10.6 Å². The van der Waals surface area contributed by atoms with Crippen LogP contribution in [0.25, 0.3) is 0 Å². The number of piperidine rings is 1. The summed E-state index contributed by atoms with van der Waals surface area (Å²) >= 11 is 0. The minimum Gasteiger partial charge on any atom is -0.481 e. The summed E-state index contributed by atoms with van der Waals surface area (Å²) in [6.07, 6.45) is 3.63. The maximum atomic E-state index is 12.1. The second kappa shape index (κ2) is 7.05. The van der Waals surface area contributed by atoms with Gasteiger partial charge >= 0.3 is 5.97 Å². The van der Waals surface area contributed by atoms with Gasteiger partial charge in [0.05, 0.1) is 6.04 Å². The highest BCUT2D eigenvalue weighted by Gasteiger charge is 2.20. The van der Waals surface area contributed by atoms with Crippen LogP contribution < -0.4 is 10.6 Å². The minimum absolute atomic E-state index is 0.0138. The Bertz CT molecular complexity index is 482. The smallest absolute Gasteiger partial charge is 0.303 e. The van der Waals surface area contributed by atoms with Crippen LogP contribution in [0.1, 0.15) is 31.2 Å². The molecule has 1 aromatic rings. The summed E-state index contributed by atoms with van der Waals surface area (Å²) in [4.78, 5) is 22.6. The van der Waals surface area contributed by atoms with E-state index in [9.17, 15) is 9.59 Å². The first-order chi connectivity index (χ1) is 9.65. The average molecular weight is 276 g/mol. The van der Waals surface area contributed by atoms with Crippen LogP contribution in [0.3, 0.4) is 0 Å². The lowest BCUT2D eigenvalue weighted by molar-refractivity contribution is -0.137. The summed E-state index contributed by atoms with van der Waals surface area (Å²) < 4.78 is 0. The number of amides is 1. The third kappa shape index (κ3) is 4.35. The number of rotatable bonds is 5. The molecule has 20 heavy (non-hydrogen) atoms. The Morgan fingerprint density at radius 3 is 2.90 bits per heavy atom. The number of benzene rings is 1. The molecular weight excluding hydrogens is 256 g/mol. The van der Waals surface area contributed by atoms with Crippen LogP contribution in [0.4, 0.5) is 5.69 Å².